The van der Waals surface area contributed by atoms with E-state index in [9.17, 15) is 14.9 Å². The van der Waals surface area contributed by atoms with E-state index in [1.165, 1.54) is 24.3 Å². The number of hydrogen-bond donors (Lipinski definition) is 1. The Morgan fingerprint density at radius 1 is 1.29 bits per heavy atom. The standard InChI is InChI=1S/C14H10ClNO5/c15-12-6-5-10(16(19)20)7-13(12)21-8-9-3-1-2-4-11(9)14(17)18/h1-7H,8H2,(H,17,18). The van der Waals surface area contributed by atoms with Gasteiger partial charge in [0.1, 0.15) is 12.4 Å². The molecule has 0 aliphatic heterocycles. The minimum Gasteiger partial charge on any atom is -0.487 e. The Labute approximate surface area is 124 Å². The molecular weight excluding hydrogens is 298 g/mol. The normalized spacial score (nSPS) is 10.1. The fourth-order valence-electron chi connectivity index (χ4n) is 1.73. The van der Waals surface area contributed by atoms with Crippen LogP contribution in [0.2, 0.25) is 5.02 Å². The Morgan fingerprint density at radius 3 is 2.67 bits per heavy atom. The molecule has 0 radical (unpaired) electrons. The van der Waals surface area contributed by atoms with Crippen molar-refractivity contribution in [3.05, 3.63) is 68.7 Å². The number of nitro benzene ring substituents is 1. The molecule has 0 aromatic heterocycles. The number of hydrogen-bond acceptors (Lipinski definition) is 4. The summed E-state index contributed by atoms with van der Waals surface area (Å²) in [5.74, 6) is -0.939. The van der Waals surface area contributed by atoms with Crippen molar-refractivity contribution in [1.29, 1.82) is 0 Å². The lowest BCUT2D eigenvalue weighted by molar-refractivity contribution is -0.384. The van der Waals surface area contributed by atoms with Crippen molar-refractivity contribution in [3.8, 4) is 5.75 Å². The molecule has 2 rings (SSSR count). The third-order valence-corrected chi connectivity index (χ3v) is 3.07. The van der Waals surface area contributed by atoms with Gasteiger partial charge in [0.05, 0.1) is 21.6 Å². The first-order chi connectivity index (χ1) is 9.99. The number of nitrogens with zero attached hydrogens (tertiary/aromatic N) is 1. The van der Waals surface area contributed by atoms with Crippen LogP contribution in [0.25, 0.3) is 0 Å². The van der Waals surface area contributed by atoms with Crippen LogP contribution in [0.4, 0.5) is 5.69 Å². The fourth-order valence-corrected chi connectivity index (χ4v) is 1.90. The molecule has 0 bridgehead atoms. The van der Waals surface area contributed by atoms with Gasteiger partial charge in [0.25, 0.3) is 5.69 Å². The third-order valence-electron chi connectivity index (χ3n) is 2.76. The van der Waals surface area contributed by atoms with Crippen LogP contribution in [0.1, 0.15) is 15.9 Å². The van der Waals surface area contributed by atoms with Gasteiger partial charge in [-0.25, -0.2) is 4.79 Å². The van der Waals surface area contributed by atoms with Crippen molar-refractivity contribution >= 4 is 23.3 Å². The Hall–Kier alpha value is -2.60. The smallest absolute Gasteiger partial charge is 0.336 e. The van der Waals surface area contributed by atoms with Crippen LogP contribution < -0.4 is 4.74 Å². The molecule has 0 spiro atoms. The van der Waals surface area contributed by atoms with Crippen LogP contribution in [0.15, 0.2) is 42.5 Å². The van der Waals surface area contributed by atoms with E-state index in [-0.39, 0.29) is 28.6 Å². The van der Waals surface area contributed by atoms with Gasteiger partial charge >= 0.3 is 5.97 Å². The number of nitro groups is 1. The Morgan fingerprint density at radius 2 is 2.00 bits per heavy atom. The highest BCUT2D eigenvalue weighted by molar-refractivity contribution is 6.32. The van der Waals surface area contributed by atoms with Crippen molar-refractivity contribution in [2.75, 3.05) is 0 Å². The van der Waals surface area contributed by atoms with Gasteiger partial charge in [0, 0.05) is 11.6 Å². The molecule has 6 nitrogen and oxygen atoms in total. The minimum absolute atomic E-state index is 0.0522. The summed E-state index contributed by atoms with van der Waals surface area (Å²) >= 11 is 5.91. The van der Waals surface area contributed by atoms with E-state index in [2.05, 4.69) is 0 Å². The van der Waals surface area contributed by atoms with Gasteiger partial charge in [0.2, 0.25) is 0 Å². The van der Waals surface area contributed by atoms with E-state index in [0.29, 0.717) is 5.56 Å². The summed E-state index contributed by atoms with van der Waals surface area (Å²) < 4.78 is 5.40. The maximum Gasteiger partial charge on any atom is 0.336 e. The molecule has 0 atom stereocenters. The van der Waals surface area contributed by atoms with E-state index in [1.807, 2.05) is 0 Å². The Kier molecular flexibility index (Phi) is 4.39. The van der Waals surface area contributed by atoms with Crippen LogP contribution in [-0.2, 0) is 6.61 Å². The largest absolute Gasteiger partial charge is 0.487 e. The van der Waals surface area contributed by atoms with Gasteiger partial charge in [-0.3, -0.25) is 10.1 Å². The van der Waals surface area contributed by atoms with E-state index in [1.54, 1.807) is 18.2 Å². The number of non-ortho nitro benzene ring substituents is 1. The first kappa shape index (κ1) is 14.8. The SMILES string of the molecule is O=C(O)c1ccccc1COc1cc([N+](=O)[O-])ccc1Cl. The molecule has 0 fully saturated rings. The molecule has 0 amide bonds. The van der Waals surface area contributed by atoms with Crippen LogP contribution in [-0.4, -0.2) is 16.0 Å². The molecule has 2 aromatic rings. The van der Waals surface area contributed by atoms with Crippen LogP contribution in [0.3, 0.4) is 0 Å². The van der Waals surface area contributed by atoms with Gasteiger partial charge in [0.15, 0.2) is 0 Å². The number of benzene rings is 2. The maximum atomic E-state index is 11.1. The zero-order valence-corrected chi connectivity index (χ0v) is 11.4. The van der Waals surface area contributed by atoms with Gasteiger partial charge in [-0.2, -0.15) is 0 Å². The molecule has 21 heavy (non-hydrogen) atoms. The highest BCUT2D eigenvalue weighted by Gasteiger charge is 2.13. The molecule has 0 saturated heterocycles. The number of halogens is 1. The van der Waals surface area contributed by atoms with Crippen LogP contribution >= 0.6 is 11.6 Å². The third kappa shape index (κ3) is 3.49. The summed E-state index contributed by atoms with van der Waals surface area (Å²) in [6.07, 6.45) is 0. The summed E-state index contributed by atoms with van der Waals surface area (Å²) in [5, 5.41) is 20.0. The van der Waals surface area contributed by atoms with E-state index in [0.717, 1.165) is 0 Å². The van der Waals surface area contributed by atoms with Crippen molar-refractivity contribution in [2.45, 2.75) is 6.61 Å². The zero-order valence-electron chi connectivity index (χ0n) is 10.7. The topological polar surface area (TPSA) is 89.7 Å². The van der Waals surface area contributed by atoms with Crippen molar-refractivity contribution in [1.82, 2.24) is 0 Å². The average molecular weight is 308 g/mol. The second kappa shape index (κ2) is 6.23. The van der Waals surface area contributed by atoms with E-state index in [4.69, 9.17) is 21.4 Å². The monoisotopic (exact) mass is 307 g/mol. The van der Waals surface area contributed by atoms with Crippen LogP contribution in [0.5, 0.6) is 5.75 Å². The minimum atomic E-state index is -1.07. The second-order valence-electron chi connectivity index (χ2n) is 4.12. The highest BCUT2D eigenvalue weighted by Crippen LogP contribution is 2.29. The number of carboxylic acid groups (broad SMARTS) is 1. The van der Waals surface area contributed by atoms with Crippen molar-refractivity contribution in [3.63, 3.8) is 0 Å². The number of aromatic carboxylic acids is 1. The molecule has 0 unspecified atom stereocenters. The summed E-state index contributed by atoms with van der Waals surface area (Å²) in [5.41, 5.74) is 0.410. The van der Waals surface area contributed by atoms with E-state index < -0.39 is 10.9 Å². The van der Waals surface area contributed by atoms with E-state index >= 15 is 0 Å². The first-order valence-corrected chi connectivity index (χ1v) is 6.25. The number of ether oxygens (including phenoxy) is 1. The van der Waals surface area contributed by atoms with Crippen LogP contribution in [0, 0.1) is 10.1 Å². The molecular formula is C14H10ClNO5. The molecule has 0 aliphatic carbocycles. The van der Waals surface area contributed by atoms with Crippen molar-refractivity contribution < 1.29 is 19.6 Å². The lowest BCUT2D eigenvalue weighted by Gasteiger charge is -2.09. The predicted molar refractivity (Wildman–Crippen MR) is 75.8 cm³/mol. The number of carbonyl (C=O) groups is 1. The van der Waals surface area contributed by atoms with Gasteiger partial charge < -0.3 is 9.84 Å². The molecule has 0 aliphatic rings. The summed E-state index contributed by atoms with van der Waals surface area (Å²) in [6, 6.07) is 10.2. The quantitative estimate of drug-likeness (QED) is 0.674. The summed E-state index contributed by atoms with van der Waals surface area (Å²) in [4.78, 5) is 21.2. The van der Waals surface area contributed by atoms with Gasteiger partial charge in [-0.05, 0) is 12.1 Å². The summed E-state index contributed by atoms with van der Waals surface area (Å²) in [6.45, 7) is -0.0522. The van der Waals surface area contributed by atoms with Crippen molar-refractivity contribution in [2.24, 2.45) is 0 Å². The Balaban J connectivity index is 2.22. The maximum absolute atomic E-state index is 11.1. The number of carboxylic acids is 1. The lowest BCUT2D eigenvalue weighted by atomic mass is 10.1. The van der Waals surface area contributed by atoms with Gasteiger partial charge in [-0.1, -0.05) is 29.8 Å². The lowest BCUT2D eigenvalue weighted by Crippen LogP contribution is -2.05. The molecule has 108 valence electrons. The molecule has 2 aromatic carbocycles. The highest BCUT2D eigenvalue weighted by atomic mass is 35.5. The first-order valence-electron chi connectivity index (χ1n) is 5.87. The average Bonchev–Trinajstić information content (AvgIpc) is 2.46. The second-order valence-corrected chi connectivity index (χ2v) is 4.53. The number of rotatable bonds is 5. The molecule has 0 saturated carbocycles. The summed E-state index contributed by atoms with van der Waals surface area (Å²) in [7, 11) is 0. The predicted octanol–water partition coefficient (Wildman–Crippen LogP) is 3.53. The zero-order chi connectivity index (χ0) is 15.4. The Bertz CT molecular complexity index is 702. The molecule has 1 N–H and O–H groups in total. The molecule has 0 heterocycles. The molecule has 7 heteroatoms. The van der Waals surface area contributed by atoms with Gasteiger partial charge in [-0.15, -0.1) is 0 Å². The fraction of sp³-hybridized carbons (Fsp3) is 0.0714.